The second kappa shape index (κ2) is 7.59. The molecule has 27 heavy (non-hydrogen) atoms. The van der Waals surface area contributed by atoms with Gasteiger partial charge in [-0.1, -0.05) is 48.0 Å². The molecule has 0 fully saturated rings. The third-order valence-corrected chi connectivity index (χ3v) is 4.62. The molecule has 0 saturated heterocycles. The number of rotatable bonds is 6. The van der Waals surface area contributed by atoms with Crippen LogP contribution in [0.15, 0.2) is 67.1 Å². The predicted octanol–water partition coefficient (Wildman–Crippen LogP) is 2.69. The van der Waals surface area contributed by atoms with Gasteiger partial charge in [0.15, 0.2) is 6.04 Å². The van der Waals surface area contributed by atoms with Gasteiger partial charge in [-0.25, -0.2) is 4.68 Å². The van der Waals surface area contributed by atoms with E-state index in [4.69, 9.17) is 11.6 Å². The van der Waals surface area contributed by atoms with Gasteiger partial charge in [0, 0.05) is 29.8 Å². The number of nitrogens with zero attached hydrogens (tertiary/aromatic N) is 5. The van der Waals surface area contributed by atoms with Gasteiger partial charge in [-0.05, 0) is 39.6 Å². The Morgan fingerprint density at radius 3 is 2.78 bits per heavy atom. The zero-order valence-corrected chi connectivity index (χ0v) is 15.1. The lowest BCUT2D eigenvalue weighted by molar-refractivity contribution is -0.123. The molecule has 0 spiro atoms. The fraction of sp³-hybridized carbons (Fsp3) is 0.158. The van der Waals surface area contributed by atoms with Gasteiger partial charge in [-0.15, -0.1) is 5.10 Å². The van der Waals surface area contributed by atoms with Gasteiger partial charge in [0.1, 0.15) is 6.33 Å². The number of nitrogens with one attached hydrogen (secondary N) is 1. The number of hydrogen-bond donors (Lipinski definition) is 1. The highest BCUT2D eigenvalue weighted by Crippen LogP contribution is 2.20. The summed E-state index contributed by atoms with van der Waals surface area (Å²) in [5.41, 5.74) is 1.86. The van der Waals surface area contributed by atoms with Gasteiger partial charge in [0.2, 0.25) is 5.91 Å². The van der Waals surface area contributed by atoms with E-state index in [1.165, 1.54) is 11.0 Å². The molecule has 8 heteroatoms. The maximum atomic E-state index is 12.8. The van der Waals surface area contributed by atoms with Crippen LogP contribution in [0.5, 0.6) is 0 Å². The van der Waals surface area contributed by atoms with Crippen LogP contribution in [0.2, 0.25) is 5.02 Å². The van der Waals surface area contributed by atoms with Crippen molar-refractivity contribution in [1.29, 1.82) is 0 Å². The van der Waals surface area contributed by atoms with Gasteiger partial charge in [0.05, 0.1) is 0 Å². The van der Waals surface area contributed by atoms with Gasteiger partial charge >= 0.3 is 0 Å². The molecule has 2 aromatic heterocycles. The summed E-state index contributed by atoms with van der Waals surface area (Å²) in [5, 5.41) is 16.0. The van der Waals surface area contributed by atoms with Crippen LogP contribution in [0.25, 0.3) is 10.9 Å². The molecule has 2 heterocycles. The average molecular weight is 381 g/mol. The van der Waals surface area contributed by atoms with Crippen molar-refractivity contribution in [2.45, 2.75) is 12.6 Å². The lowest BCUT2D eigenvalue weighted by Gasteiger charge is -2.17. The summed E-state index contributed by atoms with van der Waals surface area (Å²) in [6.45, 7) is 1.10. The number of carbonyl (C=O) groups is 1. The van der Waals surface area contributed by atoms with Crippen LogP contribution >= 0.6 is 11.6 Å². The lowest BCUT2D eigenvalue weighted by Crippen LogP contribution is -2.35. The normalized spacial score (nSPS) is 12.2. The molecule has 1 unspecified atom stereocenters. The number of carbonyl (C=O) groups excluding carboxylic acids is 1. The van der Waals surface area contributed by atoms with Crippen molar-refractivity contribution in [2.75, 3.05) is 6.54 Å². The molecule has 0 aliphatic rings. The maximum absolute atomic E-state index is 12.8. The van der Waals surface area contributed by atoms with Gasteiger partial charge in [-0.2, -0.15) is 0 Å². The average Bonchev–Trinajstić information content (AvgIpc) is 3.33. The summed E-state index contributed by atoms with van der Waals surface area (Å²) in [6, 6.07) is 16.6. The number of fused-ring (bicyclic) bond motifs is 1. The Balaban J connectivity index is 1.48. The lowest BCUT2D eigenvalue weighted by atomic mass is 10.1. The topological polar surface area (TPSA) is 77.6 Å². The fourth-order valence-corrected chi connectivity index (χ4v) is 3.26. The molecule has 0 radical (unpaired) electrons. The number of halogens is 1. The Morgan fingerprint density at radius 1 is 1.15 bits per heavy atom. The van der Waals surface area contributed by atoms with Crippen molar-refractivity contribution in [2.24, 2.45) is 0 Å². The molecule has 7 nitrogen and oxygen atoms in total. The first-order valence-electron chi connectivity index (χ1n) is 8.52. The SMILES string of the molecule is O=C(NCCn1ccc2ccc(Cl)cc21)C(c1ccccc1)n1cnnn1. The number of hydrogen-bond acceptors (Lipinski definition) is 4. The molecule has 0 bridgehead atoms. The van der Waals surface area contributed by atoms with E-state index in [9.17, 15) is 4.79 Å². The Kier molecular flexibility index (Phi) is 4.84. The van der Waals surface area contributed by atoms with Crippen molar-refractivity contribution < 1.29 is 4.79 Å². The van der Waals surface area contributed by atoms with Gasteiger partial charge in [0.25, 0.3) is 0 Å². The molecule has 0 aliphatic carbocycles. The highest BCUT2D eigenvalue weighted by Gasteiger charge is 2.23. The van der Waals surface area contributed by atoms with Crippen LogP contribution in [0.1, 0.15) is 11.6 Å². The molecule has 4 rings (SSSR count). The summed E-state index contributed by atoms with van der Waals surface area (Å²) >= 11 is 6.09. The van der Waals surface area contributed by atoms with Crippen molar-refractivity contribution in [3.63, 3.8) is 0 Å². The molecule has 4 aromatic rings. The van der Waals surface area contributed by atoms with Gasteiger partial charge < -0.3 is 9.88 Å². The van der Waals surface area contributed by atoms with Crippen LogP contribution in [-0.4, -0.2) is 37.2 Å². The van der Waals surface area contributed by atoms with Crippen LogP contribution in [-0.2, 0) is 11.3 Å². The quantitative estimate of drug-likeness (QED) is 0.558. The fourth-order valence-electron chi connectivity index (χ4n) is 3.09. The van der Waals surface area contributed by atoms with E-state index in [-0.39, 0.29) is 5.91 Å². The van der Waals surface area contributed by atoms with Crippen molar-refractivity contribution >= 4 is 28.4 Å². The third-order valence-electron chi connectivity index (χ3n) is 4.38. The summed E-state index contributed by atoms with van der Waals surface area (Å²) in [6.07, 6.45) is 3.43. The molecule has 0 aliphatic heterocycles. The number of tetrazole rings is 1. The maximum Gasteiger partial charge on any atom is 0.249 e. The Morgan fingerprint density at radius 2 is 2.00 bits per heavy atom. The highest BCUT2D eigenvalue weighted by atomic mass is 35.5. The second-order valence-electron chi connectivity index (χ2n) is 6.11. The van der Waals surface area contributed by atoms with Crippen LogP contribution in [0.4, 0.5) is 0 Å². The van der Waals surface area contributed by atoms with E-state index in [0.29, 0.717) is 18.1 Å². The van der Waals surface area contributed by atoms with Crippen molar-refractivity contribution in [1.82, 2.24) is 30.1 Å². The van der Waals surface area contributed by atoms with Crippen LogP contribution in [0.3, 0.4) is 0 Å². The Labute approximate surface area is 160 Å². The summed E-state index contributed by atoms with van der Waals surface area (Å²) in [7, 11) is 0. The van der Waals surface area contributed by atoms with E-state index >= 15 is 0 Å². The second-order valence-corrected chi connectivity index (χ2v) is 6.54. The van der Waals surface area contributed by atoms with Crippen LogP contribution in [0, 0.1) is 0 Å². The first-order chi connectivity index (χ1) is 13.2. The minimum absolute atomic E-state index is 0.164. The molecule has 136 valence electrons. The zero-order chi connectivity index (χ0) is 18.6. The summed E-state index contributed by atoms with van der Waals surface area (Å²) < 4.78 is 3.52. The first kappa shape index (κ1) is 17.2. The largest absolute Gasteiger partial charge is 0.352 e. The zero-order valence-electron chi connectivity index (χ0n) is 14.4. The predicted molar refractivity (Wildman–Crippen MR) is 102 cm³/mol. The highest BCUT2D eigenvalue weighted by molar-refractivity contribution is 6.31. The molecule has 1 amide bonds. The number of benzene rings is 2. The Hall–Kier alpha value is -3.19. The molecule has 2 aromatic carbocycles. The molecular weight excluding hydrogens is 364 g/mol. The van der Waals surface area contributed by atoms with E-state index in [0.717, 1.165) is 16.5 Å². The van der Waals surface area contributed by atoms with Crippen molar-refractivity contribution in [3.05, 3.63) is 77.7 Å². The third kappa shape index (κ3) is 3.68. The molecule has 0 saturated carbocycles. The van der Waals surface area contributed by atoms with Crippen LogP contribution < -0.4 is 5.32 Å². The Bertz CT molecular complexity index is 1040. The number of amides is 1. The van der Waals surface area contributed by atoms with Gasteiger partial charge in [-0.3, -0.25) is 4.79 Å². The molecule has 1 atom stereocenters. The number of aromatic nitrogens is 5. The van der Waals surface area contributed by atoms with E-state index in [2.05, 4.69) is 25.4 Å². The smallest absolute Gasteiger partial charge is 0.249 e. The molecular formula is C19H17ClN6O. The summed E-state index contributed by atoms with van der Waals surface area (Å²) in [5.74, 6) is -0.164. The molecule has 1 N–H and O–H groups in total. The van der Waals surface area contributed by atoms with E-state index in [1.54, 1.807) is 0 Å². The van der Waals surface area contributed by atoms with E-state index < -0.39 is 6.04 Å². The first-order valence-corrected chi connectivity index (χ1v) is 8.90. The minimum Gasteiger partial charge on any atom is -0.352 e. The summed E-state index contributed by atoms with van der Waals surface area (Å²) in [4.78, 5) is 12.8. The standard InChI is InChI=1S/C19H17ClN6O/c20-16-7-6-14-8-10-25(17(14)12-16)11-9-21-19(27)18(26-13-22-23-24-26)15-4-2-1-3-5-15/h1-8,10,12-13,18H,9,11H2,(H,21,27). The minimum atomic E-state index is -0.614. The monoisotopic (exact) mass is 380 g/mol. The van der Waals surface area contributed by atoms with E-state index in [1.807, 2.05) is 60.8 Å². The van der Waals surface area contributed by atoms with Crippen molar-refractivity contribution in [3.8, 4) is 0 Å².